The van der Waals surface area contributed by atoms with Gasteiger partial charge in [0.25, 0.3) is 0 Å². The number of pyridine rings is 1. The van der Waals surface area contributed by atoms with Crippen LogP contribution in [0.2, 0.25) is 0 Å². The molecule has 0 spiro atoms. The van der Waals surface area contributed by atoms with Gasteiger partial charge in [0.15, 0.2) is 0 Å². The first kappa shape index (κ1) is 14.7. The van der Waals surface area contributed by atoms with Gasteiger partial charge in [0.2, 0.25) is 0 Å². The molecule has 1 aliphatic heterocycles. The fourth-order valence-corrected chi connectivity index (χ4v) is 3.51. The lowest BCUT2D eigenvalue weighted by Crippen LogP contribution is -2.43. The molecule has 106 valence electrons. The summed E-state index contributed by atoms with van der Waals surface area (Å²) in [4.78, 5) is 6.79. The number of rotatable bonds is 4. The van der Waals surface area contributed by atoms with Gasteiger partial charge in [-0.2, -0.15) is 11.8 Å². The number of nitrogens with zero attached hydrogens (tertiary/aromatic N) is 2. The SMILES string of the molecule is CC(C)NCc1cnccc1N1CCSC(C)(C)C1. The molecule has 1 aromatic rings. The molecule has 4 heteroatoms. The van der Waals surface area contributed by atoms with Crippen molar-refractivity contribution in [2.75, 3.05) is 23.7 Å². The van der Waals surface area contributed by atoms with Gasteiger partial charge in [-0.15, -0.1) is 0 Å². The second-order valence-electron chi connectivity index (χ2n) is 6.07. The molecular formula is C15H25N3S. The Kier molecular flexibility index (Phi) is 4.74. The van der Waals surface area contributed by atoms with Gasteiger partial charge >= 0.3 is 0 Å². The predicted molar refractivity (Wildman–Crippen MR) is 85.0 cm³/mol. The van der Waals surface area contributed by atoms with Crippen LogP contribution in [0.4, 0.5) is 5.69 Å². The van der Waals surface area contributed by atoms with E-state index in [4.69, 9.17) is 0 Å². The number of hydrogen-bond acceptors (Lipinski definition) is 4. The van der Waals surface area contributed by atoms with Crippen LogP contribution in [0.25, 0.3) is 0 Å². The van der Waals surface area contributed by atoms with E-state index < -0.39 is 0 Å². The molecule has 0 saturated carbocycles. The van der Waals surface area contributed by atoms with Gasteiger partial charge in [0.05, 0.1) is 0 Å². The van der Waals surface area contributed by atoms with Crippen LogP contribution in [0.3, 0.4) is 0 Å². The van der Waals surface area contributed by atoms with Crippen molar-refractivity contribution in [3.05, 3.63) is 24.0 Å². The van der Waals surface area contributed by atoms with Crippen molar-refractivity contribution >= 4 is 17.4 Å². The minimum Gasteiger partial charge on any atom is -0.369 e. The zero-order valence-corrected chi connectivity index (χ0v) is 13.3. The highest BCUT2D eigenvalue weighted by molar-refractivity contribution is 8.00. The molecule has 1 N–H and O–H groups in total. The summed E-state index contributed by atoms with van der Waals surface area (Å²) in [6.45, 7) is 12.1. The predicted octanol–water partition coefficient (Wildman–Crippen LogP) is 2.91. The Labute approximate surface area is 121 Å². The summed E-state index contributed by atoms with van der Waals surface area (Å²) in [5, 5.41) is 3.49. The maximum atomic E-state index is 4.28. The van der Waals surface area contributed by atoms with Gasteiger partial charge < -0.3 is 10.2 Å². The van der Waals surface area contributed by atoms with Crippen LogP contribution >= 0.6 is 11.8 Å². The number of thioether (sulfide) groups is 1. The molecule has 3 nitrogen and oxygen atoms in total. The molecule has 0 atom stereocenters. The van der Waals surface area contributed by atoms with Crippen molar-refractivity contribution in [3.63, 3.8) is 0 Å². The summed E-state index contributed by atoms with van der Waals surface area (Å²) in [6, 6.07) is 2.66. The van der Waals surface area contributed by atoms with E-state index in [1.54, 1.807) is 0 Å². The lowest BCUT2D eigenvalue weighted by Gasteiger charge is -2.39. The summed E-state index contributed by atoms with van der Waals surface area (Å²) in [5.41, 5.74) is 2.65. The Bertz CT molecular complexity index is 418. The largest absolute Gasteiger partial charge is 0.369 e. The molecule has 2 rings (SSSR count). The minimum absolute atomic E-state index is 0.338. The van der Waals surface area contributed by atoms with Crippen LogP contribution in [0.1, 0.15) is 33.3 Å². The maximum absolute atomic E-state index is 4.28. The summed E-state index contributed by atoms with van der Waals surface area (Å²) >= 11 is 2.07. The topological polar surface area (TPSA) is 28.2 Å². The monoisotopic (exact) mass is 279 g/mol. The quantitative estimate of drug-likeness (QED) is 0.917. The molecule has 19 heavy (non-hydrogen) atoms. The van der Waals surface area contributed by atoms with E-state index in [0.29, 0.717) is 10.8 Å². The van der Waals surface area contributed by atoms with E-state index in [2.05, 4.69) is 60.7 Å². The van der Waals surface area contributed by atoms with E-state index in [-0.39, 0.29) is 0 Å². The van der Waals surface area contributed by atoms with E-state index in [0.717, 1.165) is 19.6 Å². The summed E-state index contributed by atoms with van der Waals surface area (Å²) in [6.07, 6.45) is 3.91. The molecule has 0 aromatic carbocycles. The third-order valence-corrected chi connectivity index (χ3v) is 4.64. The molecule has 2 heterocycles. The average molecular weight is 279 g/mol. The number of aromatic nitrogens is 1. The van der Waals surface area contributed by atoms with Crippen molar-refractivity contribution in [2.24, 2.45) is 0 Å². The number of nitrogens with one attached hydrogen (secondary N) is 1. The number of anilines is 1. The zero-order chi connectivity index (χ0) is 13.9. The second-order valence-corrected chi connectivity index (χ2v) is 7.87. The van der Waals surface area contributed by atoms with Gasteiger partial charge in [-0.3, -0.25) is 4.98 Å². The van der Waals surface area contributed by atoms with Crippen LogP contribution in [0, 0.1) is 0 Å². The molecule has 0 aliphatic carbocycles. The number of hydrogen-bond donors (Lipinski definition) is 1. The van der Waals surface area contributed by atoms with Crippen molar-refractivity contribution < 1.29 is 0 Å². The first-order chi connectivity index (χ1) is 8.98. The molecule has 0 unspecified atom stereocenters. The Morgan fingerprint density at radius 2 is 2.26 bits per heavy atom. The third kappa shape index (κ3) is 4.11. The van der Waals surface area contributed by atoms with Gasteiger partial charge in [0, 0.05) is 59.8 Å². The zero-order valence-electron chi connectivity index (χ0n) is 12.4. The lowest BCUT2D eigenvalue weighted by atomic mass is 10.1. The summed E-state index contributed by atoms with van der Waals surface area (Å²) < 4.78 is 0.338. The van der Waals surface area contributed by atoms with Crippen LogP contribution in [-0.4, -0.2) is 34.6 Å². The average Bonchev–Trinajstić information content (AvgIpc) is 2.35. The summed E-state index contributed by atoms with van der Waals surface area (Å²) in [5.74, 6) is 1.20. The molecule has 1 aliphatic rings. The lowest BCUT2D eigenvalue weighted by molar-refractivity contribution is 0.584. The van der Waals surface area contributed by atoms with Gasteiger partial charge in [-0.25, -0.2) is 0 Å². The maximum Gasteiger partial charge on any atom is 0.0443 e. The van der Waals surface area contributed by atoms with Crippen molar-refractivity contribution in [1.82, 2.24) is 10.3 Å². The highest BCUT2D eigenvalue weighted by Crippen LogP contribution is 2.33. The van der Waals surface area contributed by atoms with Crippen molar-refractivity contribution in [2.45, 2.75) is 45.0 Å². The smallest absolute Gasteiger partial charge is 0.0443 e. The molecular weight excluding hydrogens is 254 g/mol. The van der Waals surface area contributed by atoms with Crippen LogP contribution < -0.4 is 10.2 Å². The van der Waals surface area contributed by atoms with Crippen LogP contribution in [0.5, 0.6) is 0 Å². The third-order valence-electron chi connectivity index (χ3n) is 3.34. The standard InChI is InChI=1S/C15H25N3S/c1-12(2)17-10-13-9-16-6-5-14(13)18-7-8-19-15(3,4)11-18/h5-6,9,12,17H,7-8,10-11H2,1-4H3. The first-order valence-electron chi connectivity index (χ1n) is 7.03. The molecule has 0 radical (unpaired) electrons. The molecule has 1 saturated heterocycles. The normalized spacial score (nSPS) is 18.9. The molecule has 1 aromatic heterocycles. The van der Waals surface area contributed by atoms with Gasteiger partial charge in [0.1, 0.15) is 0 Å². The van der Waals surface area contributed by atoms with E-state index >= 15 is 0 Å². The van der Waals surface area contributed by atoms with E-state index in [1.165, 1.54) is 17.0 Å². The minimum atomic E-state index is 0.338. The Hall–Kier alpha value is -0.740. The van der Waals surface area contributed by atoms with E-state index in [9.17, 15) is 0 Å². The Balaban J connectivity index is 2.14. The van der Waals surface area contributed by atoms with Gasteiger partial charge in [-0.1, -0.05) is 13.8 Å². The Morgan fingerprint density at radius 1 is 1.47 bits per heavy atom. The van der Waals surface area contributed by atoms with Crippen LogP contribution in [-0.2, 0) is 6.54 Å². The fourth-order valence-electron chi connectivity index (χ4n) is 2.40. The highest BCUT2D eigenvalue weighted by Gasteiger charge is 2.28. The van der Waals surface area contributed by atoms with Crippen molar-refractivity contribution in [1.29, 1.82) is 0 Å². The molecule has 1 fully saturated rings. The van der Waals surface area contributed by atoms with E-state index in [1.807, 2.05) is 12.4 Å². The van der Waals surface area contributed by atoms with Crippen molar-refractivity contribution in [3.8, 4) is 0 Å². The molecule has 0 bridgehead atoms. The summed E-state index contributed by atoms with van der Waals surface area (Å²) in [7, 11) is 0. The fraction of sp³-hybridized carbons (Fsp3) is 0.667. The first-order valence-corrected chi connectivity index (χ1v) is 8.02. The highest BCUT2D eigenvalue weighted by atomic mass is 32.2. The second kappa shape index (κ2) is 6.14. The molecule has 0 amide bonds. The van der Waals surface area contributed by atoms with Gasteiger partial charge in [-0.05, 0) is 19.9 Å². The Morgan fingerprint density at radius 3 is 2.95 bits per heavy atom. The van der Waals surface area contributed by atoms with Crippen LogP contribution in [0.15, 0.2) is 18.5 Å².